The van der Waals surface area contributed by atoms with Gasteiger partial charge in [0.15, 0.2) is 5.76 Å². The molecule has 0 N–H and O–H groups in total. The molecule has 1 aromatic heterocycles. The molecule has 0 fully saturated rings. The van der Waals surface area contributed by atoms with E-state index in [9.17, 15) is 13.2 Å². The summed E-state index contributed by atoms with van der Waals surface area (Å²) >= 11 is 0. The van der Waals surface area contributed by atoms with Crippen LogP contribution in [-0.4, -0.2) is 4.98 Å². The topological polar surface area (TPSA) is 26.0 Å². The predicted molar refractivity (Wildman–Crippen MR) is 107 cm³/mol. The van der Waals surface area contributed by atoms with E-state index in [-0.39, 0.29) is 0 Å². The second-order valence-electron chi connectivity index (χ2n) is 6.80. The second-order valence-corrected chi connectivity index (χ2v) is 6.80. The van der Waals surface area contributed by atoms with Crippen molar-refractivity contribution in [3.63, 3.8) is 0 Å². The summed E-state index contributed by atoms with van der Waals surface area (Å²) < 4.78 is 44.3. The van der Waals surface area contributed by atoms with Crippen LogP contribution in [0.1, 0.15) is 5.56 Å². The van der Waals surface area contributed by atoms with Crippen molar-refractivity contribution in [2.45, 2.75) is 6.18 Å². The molecule has 0 saturated carbocycles. The molecule has 5 aromatic rings. The van der Waals surface area contributed by atoms with Crippen molar-refractivity contribution in [2.75, 3.05) is 0 Å². The molecule has 0 atom stereocenters. The van der Waals surface area contributed by atoms with Gasteiger partial charge in [-0.15, -0.1) is 0 Å². The van der Waals surface area contributed by atoms with Crippen LogP contribution in [0.15, 0.2) is 89.5 Å². The van der Waals surface area contributed by atoms with Crippen molar-refractivity contribution in [3.8, 4) is 22.8 Å². The van der Waals surface area contributed by atoms with Crippen LogP contribution in [0.5, 0.6) is 0 Å². The molecular weight excluding hydrogens is 375 g/mol. The fourth-order valence-corrected chi connectivity index (χ4v) is 3.59. The summed E-state index contributed by atoms with van der Waals surface area (Å²) in [5, 5.41) is 4.30. The van der Waals surface area contributed by atoms with Gasteiger partial charge in [-0.1, -0.05) is 60.7 Å². The fourth-order valence-electron chi connectivity index (χ4n) is 3.59. The molecule has 0 saturated heterocycles. The van der Waals surface area contributed by atoms with E-state index < -0.39 is 11.7 Å². The number of rotatable bonds is 2. The molecule has 0 aliphatic heterocycles. The van der Waals surface area contributed by atoms with Gasteiger partial charge in [-0.25, -0.2) is 4.98 Å². The Morgan fingerprint density at radius 3 is 2.10 bits per heavy atom. The first-order chi connectivity index (χ1) is 14.0. The summed E-state index contributed by atoms with van der Waals surface area (Å²) in [7, 11) is 0. The maximum atomic E-state index is 12.8. The molecule has 1 heterocycles. The third-order valence-corrected chi connectivity index (χ3v) is 5.00. The average Bonchev–Trinajstić information content (AvgIpc) is 3.23. The van der Waals surface area contributed by atoms with E-state index in [1.54, 1.807) is 6.20 Å². The first-order valence-electron chi connectivity index (χ1n) is 9.05. The van der Waals surface area contributed by atoms with E-state index in [1.807, 2.05) is 42.5 Å². The van der Waals surface area contributed by atoms with Crippen molar-refractivity contribution in [1.29, 1.82) is 0 Å². The molecular formula is C24H14F3NO. The van der Waals surface area contributed by atoms with Gasteiger partial charge in [0.1, 0.15) is 0 Å². The van der Waals surface area contributed by atoms with Crippen molar-refractivity contribution in [1.82, 2.24) is 4.98 Å². The number of benzene rings is 4. The molecule has 0 bridgehead atoms. The van der Waals surface area contributed by atoms with Crippen molar-refractivity contribution in [3.05, 3.63) is 90.6 Å². The molecule has 0 unspecified atom stereocenters. The molecule has 0 aliphatic carbocycles. The number of nitrogens with zero attached hydrogens (tertiary/aromatic N) is 1. The highest BCUT2D eigenvalue weighted by atomic mass is 19.4. The zero-order chi connectivity index (χ0) is 20.0. The van der Waals surface area contributed by atoms with Crippen LogP contribution < -0.4 is 0 Å². The molecule has 0 aliphatic rings. The van der Waals surface area contributed by atoms with Crippen molar-refractivity contribution < 1.29 is 17.6 Å². The number of alkyl halides is 3. The Labute approximate surface area is 164 Å². The highest BCUT2D eigenvalue weighted by Crippen LogP contribution is 2.36. The lowest BCUT2D eigenvalue weighted by Crippen LogP contribution is -2.03. The van der Waals surface area contributed by atoms with Crippen molar-refractivity contribution in [2.24, 2.45) is 0 Å². The van der Waals surface area contributed by atoms with Gasteiger partial charge in [-0.2, -0.15) is 13.2 Å². The number of hydrogen-bond donors (Lipinski definition) is 0. The number of fused-ring (bicyclic) bond motifs is 3. The van der Waals surface area contributed by atoms with Gasteiger partial charge in [0.25, 0.3) is 0 Å². The van der Waals surface area contributed by atoms with Gasteiger partial charge in [0.05, 0.1) is 11.8 Å². The van der Waals surface area contributed by atoms with Crippen LogP contribution in [0, 0.1) is 0 Å². The van der Waals surface area contributed by atoms with Crippen LogP contribution in [-0.2, 0) is 6.18 Å². The average molecular weight is 389 g/mol. The van der Waals surface area contributed by atoms with E-state index in [1.165, 1.54) is 12.1 Å². The molecule has 0 spiro atoms. The second kappa shape index (κ2) is 6.48. The molecule has 29 heavy (non-hydrogen) atoms. The van der Waals surface area contributed by atoms with E-state index in [0.29, 0.717) is 17.2 Å². The Bertz CT molecular complexity index is 1330. The molecule has 5 rings (SSSR count). The summed E-state index contributed by atoms with van der Waals surface area (Å²) in [5.74, 6) is 0.854. The van der Waals surface area contributed by atoms with Gasteiger partial charge in [-0.05, 0) is 39.7 Å². The van der Waals surface area contributed by atoms with E-state index in [4.69, 9.17) is 4.42 Å². The Morgan fingerprint density at radius 2 is 1.38 bits per heavy atom. The molecule has 142 valence electrons. The minimum Gasteiger partial charge on any atom is -0.436 e. The largest absolute Gasteiger partial charge is 0.436 e. The Kier molecular flexibility index (Phi) is 3.91. The third-order valence-electron chi connectivity index (χ3n) is 5.00. The summed E-state index contributed by atoms with van der Waals surface area (Å²) in [6, 6.07) is 23.0. The summed E-state index contributed by atoms with van der Waals surface area (Å²) in [4.78, 5) is 4.40. The normalized spacial score (nSPS) is 12.0. The zero-order valence-corrected chi connectivity index (χ0v) is 15.1. The monoisotopic (exact) mass is 389 g/mol. The smallest absolute Gasteiger partial charge is 0.416 e. The predicted octanol–water partition coefficient (Wildman–Crippen LogP) is 7.33. The van der Waals surface area contributed by atoms with Crippen LogP contribution in [0.25, 0.3) is 44.3 Å². The minimum absolute atomic E-state index is 0.422. The van der Waals surface area contributed by atoms with Gasteiger partial charge < -0.3 is 4.42 Å². The lowest BCUT2D eigenvalue weighted by Gasteiger charge is -2.08. The minimum atomic E-state index is -4.37. The number of hydrogen-bond acceptors (Lipinski definition) is 2. The quantitative estimate of drug-likeness (QED) is 0.295. The summed E-state index contributed by atoms with van der Waals surface area (Å²) in [5.41, 5.74) is 0.695. The molecule has 0 radical (unpaired) electrons. The third kappa shape index (κ3) is 3.05. The summed E-state index contributed by atoms with van der Waals surface area (Å²) in [6.45, 7) is 0. The number of oxazole rings is 1. The van der Waals surface area contributed by atoms with Gasteiger partial charge >= 0.3 is 6.18 Å². The standard InChI is InChI=1S/C24H14F3NO/c25-24(26,27)17-11-9-15(10-12-17)22-14-28-23(29-22)21-13-16-5-1-2-6-18(16)19-7-3-4-8-20(19)21/h1-14H. The van der Waals surface area contributed by atoms with Gasteiger partial charge in [-0.3, -0.25) is 0 Å². The maximum Gasteiger partial charge on any atom is 0.416 e. The van der Waals surface area contributed by atoms with Crippen LogP contribution >= 0.6 is 0 Å². The maximum absolute atomic E-state index is 12.8. The number of halogens is 3. The van der Waals surface area contributed by atoms with E-state index >= 15 is 0 Å². The number of aromatic nitrogens is 1. The van der Waals surface area contributed by atoms with E-state index in [0.717, 1.165) is 39.2 Å². The first kappa shape index (κ1) is 17.5. The van der Waals surface area contributed by atoms with Crippen LogP contribution in [0.2, 0.25) is 0 Å². The van der Waals surface area contributed by atoms with Crippen LogP contribution in [0.3, 0.4) is 0 Å². The molecule has 0 amide bonds. The lowest BCUT2D eigenvalue weighted by molar-refractivity contribution is -0.137. The first-order valence-corrected chi connectivity index (χ1v) is 9.05. The molecule has 4 aromatic carbocycles. The van der Waals surface area contributed by atoms with Gasteiger partial charge in [0.2, 0.25) is 5.89 Å². The van der Waals surface area contributed by atoms with Gasteiger partial charge in [0, 0.05) is 11.1 Å². The van der Waals surface area contributed by atoms with Crippen LogP contribution in [0.4, 0.5) is 13.2 Å². The Morgan fingerprint density at radius 1 is 0.724 bits per heavy atom. The highest BCUT2D eigenvalue weighted by molar-refractivity contribution is 6.13. The van der Waals surface area contributed by atoms with Crippen molar-refractivity contribution >= 4 is 21.5 Å². The Hall–Kier alpha value is -3.60. The highest BCUT2D eigenvalue weighted by Gasteiger charge is 2.30. The molecule has 5 heteroatoms. The summed E-state index contributed by atoms with van der Waals surface area (Å²) in [6.07, 6.45) is -2.82. The Balaban J connectivity index is 1.62. The molecule has 2 nitrogen and oxygen atoms in total. The zero-order valence-electron chi connectivity index (χ0n) is 15.1. The SMILES string of the molecule is FC(F)(F)c1ccc(-c2cnc(-c3cc4ccccc4c4ccccc34)o2)cc1. The van der Waals surface area contributed by atoms with E-state index in [2.05, 4.69) is 17.1 Å². The fraction of sp³-hybridized carbons (Fsp3) is 0.0417. The lowest BCUT2D eigenvalue weighted by atomic mass is 9.97.